The van der Waals surface area contributed by atoms with Crippen molar-refractivity contribution in [2.24, 2.45) is 0 Å². The van der Waals surface area contributed by atoms with Crippen molar-refractivity contribution in [2.75, 3.05) is 6.61 Å². The standard InChI is InChI=1S/C12H14N2O3/c1-2-9(6-15)14-12(16)8-3-4-11-10(5-8)13-7-17-11/h3-5,7,9,15H,2,6H2,1H3,(H,14,16). The number of aliphatic hydroxyl groups is 1. The van der Waals surface area contributed by atoms with Crippen molar-refractivity contribution >= 4 is 17.0 Å². The Morgan fingerprint density at radius 2 is 2.41 bits per heavy atom. The number of hydrogen-bond donors (Lipinski definition) is 2. The number of oxazole rings is 1. The first-order valence-electron chi connectivity index (χ1n) is 5.49. The van der Waals surface area contributed by atoms with Gasteiger partial charge in [0.15, 0.2) is 12.0 Å². The zero-order chi connectivity index (χ0) is 12.3. The average Bonchev–Trinajstić information content (AvgIpc) is 2.82. The highest BCUT2D eigenvalue weighted by Gasteiger charge is 2.12. The Labute approximate surface area is 98.5 Å². The van der Waals surface area contributed by atoms with Crippen LogP contribution < -0.4 is 5.32 Å². The van der Waals surface area contributed by atoms with Crippen molar-refractivity contribution in [3.63, 3.8) is 0 Å². The normalized spacial score (nSPS) is 12.6. The number of amides is 1. The molecule has 17 heavy (non-hydrogen) atoms. The quantitative estimate of drug-likeness (QED) is 0.836. The first-order chi connectivity index (χ1) is 8.24. The molecule has 0 aliphatic carbocycles. The lowest BCUT2D eigenvalue weighted by Crippen LogP contribution is -2.36. The molecule has 1 aromatic heterocycles. The SMILES string of the molecule is CCC(CO)NC(=O)c1ccc2ocnc2c1. The lowest BCUT2D eigenvalue weighted by Gasteiger charge is -2.13. The predicted octanol–water partition coefficient (Wildman–Crippen LogP) is 1.33. The maximum Gasteiger partial charge on any atom is 0.251 e. The summed E-state index contributed by atoms with van der Waals surface area (Å²) in [6.07, 6.45) is 2.03. The van der Waals surface area contributed by atoms with E-state index in [4.69, 9.17) is 9.52 Å². The molecule has 1 atom stereocenters. The summed E-state index contributed by atoms with van der Waals surface area (Å²) in [5.74, 6) is -0.212. The fourth-order valence-electron chi connectivity index (χ4n) is 1.54. The Bertz CT molecular complexity index is 517. The maximum atomic E-state index is 11.9. The molecule has 1 amide bonds. The van der Waals surface area contributed by atoms with Gasteiger partial charge in [0.2, 0.25) is 0 Å². The summed E-state index contributed by atoms with van der Waals surface area (Å²) >= 11 is 0. The van der Waals surface area contributed by atoms with Gasteiger partial charge < -0.3 is 14.8 Å². The third-order valence-electron chi connectivity index (χ3n) is 2.64. The number of carbonyl (C=O) groups is 1. The van der Waals surface area contributed by atoms with Crippen LogP contribution in [0.1, 0.15) is 23.7 Å². The van der Waals surface area contributed by atoms with Gasteiger partial charge >= 0.3 is 0 Å². The predicted molar refractivity (Wildman–Crippen MR) is 62.6 cm³/mol. The van der Waals surface area contributed by atoms with E-state index in [1.54, 1.807) is 18.2 Å². The van der Waals surface area contributed by atoms with Gasteiger partial charge in [0.1, 0.15) is 5.52 Å². The van der Waals surface area contributed by atoms with E-state index < -0.39 is 0 Å². The molecule has 2 N–H and O–H groups in total. The molecule has 0 spiro atoms. The molecule has 2 rings (SSSR count). The fourth-order valence-corrected chi connectivity index (χ4v) is 1.54. The second kappa shape index (κ2) is 4.97. The van der Waals surface area contributed by atoms with Gasteiger partial charge in [-0.05, 0) is 24.6 Å². The summed E-state index contributed by atoms with van der Waals surface area (Å²) in [6.45, 7) is 1.84. The van der Waals surface area contributed by atoms with Gasteiger partial charge in [-0.1, -0.05) is 6.92 Å². The zero-order valence-electron chi connectivity index (χ0n) is 9.51. The lowest BCUT2D eigenvalue weighted by molar-refractivity contribution is 0.0915. The van der Waals surface area contributed by atoms with Gasteiger partial charge in [0.25, 0.3) is 5.91 Å². The molecule has 0 saturated carbocycles. The van der Waals surface area contributed by atoms with Crippen molar-refractivity contribution in [3.05, 3.63) is 30.2 Å². The van der Waals surface area contributed by atoms with E-state index in [2.05, 4.69) is 10.3 Å². The van der Waals surface area contributed by atoms with Crippen molar-refractivity contribution in [2.45, 2.75) is 19.4 Å². The van der Waals surface area contributed by atoms with E-state index in [9.17, 15) is 4.79 Å². The Hall–Kier alpha value is -1.88. The number of fused-ring (bicyclic) bond motifs is 1. The molecule has 1 heterocycles. The molecule has 0 fully saturated rings. The molecule has 1 aromatic carbocycles. The third kappa shape index (κ3) is 2.45. The van der Waals surface area contributed by atoms with Gasteiger partial charge in [0, 0.05) is 5.56 Å². The number of carbonyl (C=O) groups excluding carboxylic acids is 1. The van der Waals surface area contributed by atoms with Crippen LogP contribution in [0.5, 0.6) is 0 Å². The van der Waals surface area contributed by atoms with Crippen molar-refractivity contribution < 1.29 is 14.3 Å². The van der Waals surface area contributed by atoms with Crippen LogP contribution >= 0.6 is 0 Å². The van der Waals surface area contributed by atoms with E-state index in [-0.39, 0.29) is 18.6 Å². The zero-order valence-corrected chi connectivity index (χ0v) is 9.51. The van der Waals surface area contributed by atoms with Crippen LogP contribution in [0.25, 0.3) is 11.1 Å². The second-order valence-corrected chi connectivity index (χ2v) is 3.80. The first-order valence-corrected chi connectivity index (χ1v) is 5.49. The average molecular weight is 234 g/mol. The Balaban J connectivity index is 2.18. The highest BCUT2D eigenvalue weighted by atomic mass is 16.3. The summed E-state index contributed by atoms with van der Waals surface area (Å²) in [6, 6.07) is 4.83. The van der Waals surface area contributed by atoms with Gasteiger partial charge in [-0.15, -0.1) is 0 Å². The number of rotatable bonds is 4. The maximum absolute atomic E-state index is 11.9. The van der Waals surface area contributed by atoms with Crippen LogP contribution in [0, 0.1) is 0 Å². The Kier molecular flexibility index (Phi) is 3.39. The van der Waals surface area contributed by atoms with Crippen LogP contribution in [0.4, 0.5) is 0 Å². The summed E-state index contributed by atoms with van der Waals surface area (Å²) in [7, 11) is 0. The topological polar surface area (TPSA) is 75.4 Å². The molecule has 90 valence electrons. The van der Waals surface area contributed by atoms with E-state index >= 15 is 0 Å². The number of nitrogens with zero attached hydrogens (tertiary/aromatic N) is 1. The number of aliphatic hydroxyl groups excluding tert-OH is 1. The summed E-state index contributed by atoms with van der Waals surface area (Å²) in [5.41, 5.74) is 1.81. The molecule has 5 heteroatoms. The minimum absolute atomic E-state index is 0.0611. The first kappa shape index (κ1) is 11.6. The van der Waals surface area contributed by atoms with Crippen molar-refractivity contribution in [1.29, 1.82) is 0 Å². The van der Waals surface area contributed by atoms with Crippen LogP contribution in [-0.2, 0) is 0 Å². The molecule has 0 saturated heterocycles. The van der Waals surface area contributed by atoms with Crippen molar-refractivity contribution in [3.8, 4) is 0 Å². The van der Waals surface area contributed by atoms with Gasteiger partial charge in [-0.25, -0.2) is 4.98 Å². The van der Waals surface area contributed by atoms with Crippen LogP contribution in [-0.4, -0.2) is 28.6 Å². The van der Waals surface area contributed by atoms with E-state index in [1.165, 1.54) is 6.39 Å². The molecular formula is C12H14N2O3. The monoisotopic (exact) mass is 234 g/mol. The van der Waals surface area contributed by atoms with Crippen LogP contribution in [0.2, 0.25) is 0 Å². The highest BCUT2D eigenvalue weighted by Crippen LogP contribution is 2.14. The molecule has 0 aliphatic heterocycles. The Morgan fingerprint density at radius 3 is 3.12 bits per heavy atom. The number of aromatic nitrogens is 1. The Morgan fingerprint density at radius 1 is 1.59 bits per heavy atom. The third-order valence-corrected chi connectivity index (χ3v) is 2.64. The largest absolute Gasteiger partial charge is 0.443 e. The minimum Gasteiger partial charge on any atom is -0.443 e. The number of nitrogens with one attached hydrogen (secondary N) is 1. The van der Waals surface area contributed by atoms with Crippen LogP contribution in [0.3, 0.4) is 0 Å². The number of hydrogen-bond acceptors (Lipinski definition) is 4. The van der Waals surface area contributed by atoms with Crippen LogP contribution in [0.15, 0.2) is 29.0 Å². The summed E-state index contributed by atoms with van der Waals surface area (Å²) in [5, 5.41) is 11.8. The lowest BCUT2D eigenvalue weighted by atomic mass is 10.1. The second-order valence-electron chi connectivity index (χ2n) is 3.80. The molecule has 1 unspecified atom stereocenters. The summed E-state index contributed by atoms with van der Waals surface area (Å²) < 4.78 is 5.09. The van der Waals surface area contributed by atoms with E-state index in [0.717, 1.165) is 0 Å². The molecule has 0 aliphatic rings. The highest BCUT2D eigenvalue weighted by molar-refractivity contribution is 5.97. The summed E-state index contributed by atoms with van der Waals surface area (Å²) in [4.78, 5) is 15.8. The van der Waals surface area contributed by atoms with Gasteiger partial charge in [-0.3, -0.25) is 4.79 Å². The molecule has 5 nitrogen and oxygen atoms in total. The fraction of sp³-hybridized carbons (Fsp3) is 0.333. The molecule has 2 aromatic rings. The molecule has 0 radical (unpaired) electrons. The smallest absolute Gasteiger partial charge is 0.251 e. The van der Waals surface area contributed by atoms with Gasteiger partial charge in [-0.2, -0.15) is 0 Å². The van der Waals surface area contributed by atoms with Crippen molar-refractivity contribution in [1.82, 2.24) is 10.3 Å². The minimum atomic E-state index is -0.212. The number of benzene rings is 1. The molecular weight excluding hydrogens is 220 g/mol. The van der Waals surface area contributed by atoms with E-state index in [1.807, 2.05) is 6.92 Å². The molecule has 0 bridgehead atoms. The van der Waals surface area contributed by atoms with E-state index in [0.29, 0.717) is 23.1 Å². The van der Waals surface area contributed by atoms with Gasteiger partial charge in [0.05, 0.1) is 12.6 Å².